The van der Waals surface area contributed by atoms with Crippen LogP contribution in [-0.2, 0) is 0 Å². The molecule has 1 saturated heterocycles. The fourth-order valence-electron chi connectivity index (χ4n) is 2.79. The van der Waals surface area contributed by atoms with E-state index in [0.717, 1.165) is 37.1 Å². The highest BCUT2D eigenvalue weighted by atomic mass is 16.2. The Morgan fingerprint density at radius 1 is 1.26 bits per heavy atom. The molecule has 0 N–H and O–H groups in total. The minimum Gasteiger partial charge on any atom is -0.339 e. The van der Waals surface area contributed by atoms with Crippen LogP contribution >= 0.6 is 0 Å². The number of piperidine rings is 1. The molecule has 0 bridgehead atoms. The second-order valence-corrected chi connectivity index (χ2v) is 5.77. The Morgan fingerprint density at radius 2 is 1.89 bits per heavy atom. The highest BCUT2D eigenvalue weighted by molar-refractivity contribution is 5.95. The van der Waals surface area contributed by atoms with Crippen LogP contribution in [0.15, 0.2) is 18.2 Å². The first-order valence-corrected chi connectivity index (χ1v) is 7.02. The van der Waals surface area contributed by atoms with Crippen LogP contribution in [0.25, 0.3) is 0 Å². The number of amides is 1. The molecule has 1 amide bonds. The first-order chi connectivity index (χ1) is 8.99. The van der Waals surface area contributed by atoms with Gasteiger partial charge in [0, 0.05) is 18.7 Å². The zero-order valence-corrected chi connectivity index (χ0v) is 12.4. The van der Waals surface area contributed by atoms with Crippen LogP contribution in [0.3, 0.4) is 0 Å². The molecule has 0 saturated carbocycles. The minimum atomic E-state index is 0.159. The molecule has 2 rings (SSSR count). The van der Waals surface area contributed by atoms with Gasteiger partial charge in [-0.25, -0.2) is 0 Å². The molecule has 1 heterocycles. The van der Waals surface area contributed by atoms with E-state index in [2.05, 4.69) is 24.9 Å². The maximum Gasteiger partial charge on any atom is 0.254 e. The van der Waals surface area contributed by atoms with Crippen molar-refractivity contribution in [3.05, 3.63) is 34.9 Å². The van der Waals surface area contributed by atoms with E-state index in [-0.39, 0.29) is 5.91 Å². The van der Waals surface area contributed by atoms with Gasteiger partial charge in [0.15, 0.2) is 0 Å². The van der Waals surface area contributed by atoms with Crippen LogP contribution in [0.5, 0.6) is 0 Å². The third kappa shape index (κ3) is 3.16. The summed E-state index contributed by atoms with van der Waals surface area (Å²) in [7, 11) is 4.08. The maximum atomic E-state index is 12.6. The topological polar surface area (TPSA) is 23.6 Å². The maximum absolute atomic E-state index is 12.6. The zero-order chi connectivity index (χ0) is 14.0. The van der Waals surface area contributed by atoms with Gasteiger partial charge in [-0.05, 0) is 58.5 Å². The lowest BCUT2D eigenvalue weighted by Crippen LogP contribution is -2.44. The van der Waals surface area contributed by atoms with Gasteiger partial charge >= 0.3 is 0 Å². The summed E-state index contributed by atoms with van der Waals surface area (Å²) in [6, 6.07) is 6.43. The van der Waals surface area contributed by atoms with Crippen LogP contribution in [0.2, 0.25) is 0 Å². The fourth-order valence-corrected chi connectivity index (χ4v) is 2.79. The van der Waals surface area contributed by atoms with E-state index in [9.17, 15) is 4.79 Å². The molecule has 0 atom stereocenters. The van der Waals surface area contributed by atoms with Crippen molar-refractivity contribution in [3.8, 4) is 0 Å². The third-order valence-electron chi connectivity index (χ3n) is 4.17. The number of carbonyl (C=O) groups is 1. The van der Waals surface area contributed by atoms with Crippen molar-refractivity contribution < 1.29 is 4.79 Å². The second-order valence-electron chi connectivity index (χ2n) is 5.77. The van der Waals surface area contributed by atoms with Crippen molar-refractivity contribution in [3.63, 3.8) is 0 Å². The van der Waals surface area contributed by atoms with Crippen LogP contribution in [0.4, 0.5) is 0 Å². The monoisotopic (exact) mass is 260 g/mol. The second kappa shape index (κ2) is 5.74. The number of aryl methyl sites for hydroxylation is 2. The molecule has 1 aliphatic heterocycles. The molecule has 0 spiro atoms. The van der Waals surface area contributed by atoms with Gasteiger partial charge in [-0.1, -0.05) is 17.7 Å². The summed E-state index contributed by atoms with van der Waals surface area (Å²) in [4.78, 5) is 16.8. The van der Waals surface area contributed by atoms with Gasteiger partial charge < -0.3 is 9.80 Å². The van der Waals surface area contributed by atoms with Gasteiger partial charge in [0.05, 0.1) is 0 Å². The Bertz CT molecular complexity index is 462. The lowest BCUT2D eigenvalue weighted by atomic mass is 10.0. The number of likely N-dealkylation sites (tertiary alicyclic amines) is 1. The molecule has 1 fully saturated rings. The number of carbonyl (C=O) groups excluding carboxylic acids is 1. The molecule has 3 nitrogen and oxygen atoms in total. The Morgan fingerprint density at radius 3 is 2.47 bits per heavy atom. The normalized spacial score (nSPS) is 17.5. The molecule has 0 aliphatic carbocycles. The highest BCUT2D eigenvalue weighted by Gasteiger charge is 2.25. The van der Waals surface area contributed by atoms with Crippen LogP contribution < -0.4 is 0 Å². The molecule has 104 valence electrons. The number of nitrogens with zero attached hydrogens (tertiary/aromatic N) is 2. The van der Waals surface area contributed by atoms with Crippen LogP contribution in [0, 0.1) is 13.8 Å². The fraction of sp³-hybridized carbons (Fsp3) is 0.562. The average molecular weight is 260 g/mol. The highest BCUT2D eigenvalue weighted by Crippen LogP contribution is 2.19. The van der Waals surface area contributed by atoms with Crippen LogP contribution in [-0.4, -0.2) is 48.9 Å². The summed E-state index contributed by atoms with van der Waals surface area (Å²) < 4.78 is 0. The number of hydrogen-bond acceptors (Lipinski definition) is 2. The van der Waals surface area contributed by atoms with Gasteiger partial charge in [0.25, 0.3) is 5.91 Å². The Hall–Kier alpha value is -1.35. The molecule has 0 unspecified atom stereocenters. The lowest BCUT2D eigenvalue weighted by Gasteiger charge is -2.35. The summed E-state index contributed by atoms with van der Waals surface area (Å²) in [5, 5.41) is 0. The van der Waals surface area contributed by atoms with E-state index in [4.69, 9.17) is 0 Å². The molecule has 3 heteroatoms. The number of rotatable bonds is 2. The van der Waals surface area contributed by atoms with Crippen molar-refractivity contribution in [2.24, 2.45) is 0 Å². The Balaban J connectivity index is 2.10. The molecular weight excluding hydrogens is 236 g/mol. The average Bonchev–Trinajstić information content (AvgIpc) is 2.38. The SMILES string of the molecule is Cc1ccc(C(=O)N(C)C2CCN(C)CC2)c(C)c1. The van der Waals surface area contributed by atoms with E-state index < -0.39 is 0 Å². The van der Waals surface area contributed by atoms with Crippen molar-refractivity contribution in [2.45, 2.75) is 32.7 Å². The van der Waals surface area contributed by atoms with Gasteiger partial charge in [0.1, 0.15) is 0 Å². The van der Waals surface area contributed by atoms with E-state index in [0.29, 0.717) is 6.04 Å². The summed E-state index contributed by atoms with van der Waals surface area (Å²) in [6.07, 6.45) is 2.15. The van der Waals surface area contributed by atoms with E-state index in [1.54, 1.807) is 0 Å². The zero-order valence-electron chi connectivity index (χ0n) is 12.4. The quantitative estimate of drug-likeness (QED) is 0.815. The molecule has 1 aliphatic rings. The largest absolute Gasteiger partial charge is 0.339 e. The van der Waals surface area contributed by atoms with Crippen molar-refractivity contribution in [1.82, 2.24) is 9.80 Å². The summed E-state index contributed by atoms with van der Waals surface area (Å²) >= 11 is 0. The van der Waals surface area contributed by atoms with Gasteiger partial charge in [-0.2, -0.15) is 0 Å². The summed E-state index contributed by atoms with van der Waals surface area (Å²) in [5.74, 6) is 0.159. The Kier molecular flexibility index (Phi) is 4.25. The van der Waals surface area contributed by atoms with E-state index in [1.807, 2.05) is 31.0 Å². The van der Waals surface area contributed by atoms with Gasteiger partial charge in [-0.15, -0.1) is 0 Å². The van der Waals surface area contributed by atoms with Crippen molar-refractivity contribution in [1.29, 1.82) is 0 Å². The molecule has 1 aromatic carbocycles. The van der Waals surface area contributed by atoms with Gasteiger partial charge in [-0.3, -0.25) is 4.79 Å². The predicted octanol–water partition coefficient (Wildman–Crippen LogP) is 2.47. The van der Waals surface area contributed by atoms with E-state index >= 15 is 0 Å². The summed E-state index contributed by atoms with van der Waals surface area (Å²) in [5.41, 5.74) is 3.12. The molecule has 1 aromatic rings. The smallest absolute Gasteiger partial charge is 0.254 e. The minimum absolute atomic E-state index is 0.159. The van der Waals surface area contributed by atoms with E-state index in [1.165, 1.54) is 5.56 Å². The van der Waals surface area contributed by atoms with Crippen molar-refractivity contribution in [2.75, 3.05) is 27.2 Å². The number of hydrogen-bond donors (Lipinski definition) is 0. The van der Waals surface area contributed by atoms with Crippen LogP contribution in [0.1, 0.15) is 34.3 Å². The molecule has 19 heavy (non-hydrogen) atoms. The number of benzene rings is 1. The van der Waals surface area contributed by atoms with Gasteiger partial charge in [0.2, 0.25) is 0 Å². The molecular formula is C16H24N2O. The predicted molar refractivity (Wildman–Crippen MR) is 78.5 cm³/mol. The standard InChI is InChI=1S/C16H24N2O/c1-12-5-6-15(13(2)11-12)16(19)18(4)14-7-9-17(3)10-8-14/h5-6,11,14H,7-10H2,1-4H3. The van der Waals surface area contributed by atoms with Crippen molar-refractivity contribution >= 4 is 5.91 Å². The summed E-state index contributed by atoms with van der Waals surface area (Å²) in [6.45, 7) is 6.23. The molecule has 0 aromatic heterocycles. The Labute approximate surface area is 116 Å². The first-order valence-electron chi connectivity index (χ1n) is 7.02. The first kappa shape index (κ1) is 14.1. The molecule has 0 radical (unpaired) electrons. The third-order valence-corrected chi connectivity index (χ3v) is 4.17. The lowest BCUT2D eigenvalue weighted by molar-refractivity contribution is 0.0659.